The SMILES string of the molecule is CCCOc1ccc(C2=CC(Cl)CCC2)cc1. The predicted molar refractivity (Wildman–Crippen MR) is 73.7 cm³/mol. The van der Waals surface area contributed by atoms with Crippen LogP contribution in [0.5, 0.6) is 5.75 Å². The van der Waals surface area contributed by atoms with Crippen molar-refractivity contribution in [3.05, 3.63) is 35.9 Å². The fraction of sp³-hybridized carbons (Fsp3) is 0.467. The summed E-state index contributed by atoms with van der Waals surface area (Å²) < 4.78 is 5.57. The molecule has 0 spiro atoms. The predicted octanol–water partition coefficient (Wildman–Crippen LogP) is 4.65. The average Bonchev–Trinajstić information content (AvgIpc) is 2.37. The molecule has 0 aliphatic heterocycles. The van der Waals surface area contributed by atoms with Crippen molar-refractivity contribution < 1.29 is 4.74 Å². The van der Waals surface area contributed by atoms with Crippen molar-refractivity contribution in [3.8, 4) is 5.75 Å². The topological polar surface area (TPSA) is 9.23 Å². The van der Waals surface area contributed by atoms with Gasteiger partial charge in [-0.2, -0.15) is 0 Å². The molecule has 1 nitrogen and oxygen atoms in total. The highest BCUT2D eigenvalue weighted by Crippen LogP contribution is 2.30. The minimum atomic E-state index is 0.203. The van der Waals surface area contributed by atoms with Gasteiger partial charge >= 0.3 is 0 Å². The van der Waals surface area contributed by atoms with Crippen molar-refractivity contribution in [1.82, 2.24) is 0 Å². The number of halogens is 1. The highest BCUT2D eigenvalue weighted by molar-refractivity contribution is 6.22. The van der Waals surface area contributed by atoms with E-state index in [9.17, 15) is 0 Å². The van der Waals surface area contributed by atoms with Gasteiger partial charge in [-0.05, 0) is 49.0 Å². The molecule has 17 heavy (non-hydrogen) atoms. The number of ether oxygens (including phenoxy) is 1. The standard InChI is InChI=1S/C15H19ClO/c1-2-10-17-15-8-6-12(7-9-15)13-4-3-5-14(16)11-13/h6-9,11,14H,2-5,10H2,1H3. The molecule has 0 heterocycles. The van der Waals surface area contributed by atoms with E-state index < -0.39 is 0 Å². The summed E-state index contributed by atoms with van der Waals surface area (Å²) in [6.07, 6.45) is 6.66. The van der Waals surface area contributed by atoms with Crippen LogP contribution in [0, 0.1) is 0 Å². The third-order valence-corrected chi connectivity index (χ3v) is 3.35. The van der Waals surface area contributed by atoms with Crippen molar-refractivity contribution in [1.29, 1.82) is 0 Å². The summed E-state index contributed by atoms with van der Waals surface area (Å²) in [6.45, 7) is 2.90. The Kier molecular flexibility index (Phi) is 4.49. The molecule has 0 radical (unpaired) electrons. The molecule has 0 amide bonds. The smallest absolute Gasteiger partial charge is 0.119 e. The molecular formula is C15H19ClO. The van der Waals surface area contributed by atoms with Crippen LogP contribution in [-0.2, 0) is 0 Å². The molecule has 92 valence electrons. The monoisotopic (exact) mass is 250 g/mol. The fourth-order valence-corrected chi connectivity index (χ4v) is 2.40. The van der Waals surface area contributed by atoms with Crippen LogP contribution in [0.2, 0.25) is 0 Å². The summed E-state index contributed by atoms with van der Waals surface area (Å²) in [4.78, 5) is 0. The molecular weight excluding hydrogens is 232 g/mol. The van der Waals surface area contributed by atoms with E-state index in [1.807, 2.05) is 12.1 Å². The average molecular weight is 251 g/mol. The lowest BCUT2D eigenvalue weighted by molar-refractivity contribution is 0.317. The highest BCUT2D eigenvalue weighted by atomic mass is 35.5. The molecule has 1 aromatic carbocycles. The number of benzene rings is 1. The Bertz CT molecular complexity index is 380. The molecule has 1 aromatic rings. The first kappa shape index (κ1) is 12.5. The van der Waals surface area contributed by atoms with Gasteiger partial charge in [-0.1, -0.05) is 25.1 Å². The highest BCUT2D eigenvalue weighted by Gasteiger charge is 2.12. The van der Waals surface area contributed by atoms with Crippen LogP contribution in [0.1, 0.15) is 38.2 Å². The van der Waals surface area contributed by atoms with Crippen LogP contribution < -0.4 is 4.74 Å². The minimum Gasteiger partial charge on any atom is -0.494 e. The lowest BCUT2D eigenvalue weighted by Gasteiger charge is -2.17. The van der Waals surface area contributed by atoms with Gasteiger partial charge in [0, 0.05) is 0 Å². The zero-order valence-corrected chi connectivity index (χ0v) is 11.0. The van der Waals surface area contributed by atoms with Gasteiger partial charge in [0.1, 0.15) is 5.75 Å². The fourth-order valence-electron chi connectivity index (χ4n) is 2.10. The Labute approximate surface area is 108 Å². The van der Waals surface area contributed by atoms with E-state index in [1.54, 1.807) is 0 Å². The largest absolute Gasteiger partial charge is 0.494 e. The van der Waals surface area contributed by atoms with Gasteiger partial charge in [0.15, 0.2) is 0 Å². The van der Waals surface area contributed by atoms with Crippen LogP contribution in [0.4, 0.5) is 0 Å². The molecule has 1 aliphatic rings. The number of hydrogen-bond donors (Lipinski definition) is 0. The summed E-state index contributed by atoms with van der Waals surface area (Å²) >= 11 is 6.16. The zero-order chi connectivity index (χ0) is 12.1. The molecule has 0 N–H and O–H groups in total. The van der Waals surface area contributed by atoms with E-state index in [1.165, 1.54) is 17.6 Å². The second kappa shape index (κ2) is 6.11. The van der Waals surface area contributed by atoms with Crippen molar-refractivity contribution in [3.63, 3.8) is 0 Å². The lowest BCUT2D eigenvalue weighted by atomic mass is 9.93. The van der Waals surface area contributed by atoms with Gasteiger partial charge in [-0.15, -0.1) is 11.6 Å². The summed E-state index contributed by atoms with van der Waals surface area (Å²) in [5, 5.41) is 0.203. The summed E-state index contributed by atoms with van der Waals surface area (Å²) in [6, 6.07) is 8.35. The Morgan fingerprint density at radius 2 is 2.06 bits per heavy atom. The first-order valence-corrected chi connectivity index (χ1v) is 6.81. The maximum atomic E-state index is 6.16. The third-order valence-electron chi connectivity index (χ3n) is 3.01. The van der Waals surface area contributed by atoms with Gasteiger partial charge in [-0.3, -0.25) is 0 Å². The molecule has 1 unspecified atom stereocenters. The lowest BCUT2D eigenvalue weighted by Crippen LogP contribution is -2.02. The van der Waals surface area contributed by atoms with Crippen LogP contribution >= 0.6 is 11.6 Å². The molecule has 0 fully saturated rings. The number of hydrogen-bond acceptors (Lipinski definition) is 1. The quantitative estimate of drug-likeness (QED) is 0.707. The number of alkyl halides is 1. The zero-order valence-electron chi connectivity index (χ0n) is 10.3. The van der Waals surface area contributed by atoms with Crippen molar-refractivity contribution in [2.45, 2.75) is 38.0 Å². The maximum Gasteiger partial charge on any atom is 0.119 e. The minimum absolute atomic E-state index is 0.203. The van der Waals surface area contributed by atoms with E-state index in [-0.39, 0.29) is 5.38 Å². The second-order valence-corrected chi connectivity index (χ2v) is 5.03. The molecule has 1 atom stereocenters. The molecule has 0 saturated heterocycles. The summed E-state index contributed by atoms with van der Waals surface area (Å²) in [5.74, 6) is 0.953. The normalized spacial score (nSPS) is 19.9. The maximum absolute atomic E-state index is 6.16. The van der Waals surface area contributed by atoms with E-state index in [0.29, 0.717) is 0 Å². The molecule has 2 rings (SSSR count). The van der Waals surface area contributed by atoms with Gasteiger partial charge < -0.3 is 4.74 Å². The Morgan fingerprint density at radius 1 is 1.29 bits per heavy atom. The third kappa shape index (κ3) is 3.50. The van der Waals surface area contributed by atoms with E-state index in [4.69, 9.17) is 16.3 Å². The van der Waals surface area contributed by atoms with Crippen LogP contribution in [0.3, 0.4) is 0 Å². The van der Waals surface area contributed by atoms with Crippen LogP contribution in [0.15, 0.2) is 30.3 Å². The van der Waals surface area contributed by atoms with Crippen molar-refractivity contribution in [2.75, 3.05) is 6.61 Å². The molecule has 0 saturated carbocycles. The van der Waals surface area contributed by atoms with Gasteiger partial charge in [0.05, 0.1) is 12.0 Å². The second-order valence-electron chi connectivity index (χ2n) is 4.47. The van der Waals surface area contributed by atoms with Crippen molar-refractivity contribution >= 4 is 17.2 Å². The van der Waals surface area contributed by atoms with Crippen LogP contribution in [0.25, 0.3) is 5.57 Å². The Morgan fingerprint density at radius 3 is 2.71 bits per heavy atom. The molecule has 2 heteroatoms. The van der Waals surface area contributed by atoms with Gasteiger partial charge in [-0.25, -0.2) is 0 Å². The molecule has 0 aromatic heterocycles. The Hall–Kier alpha value is -0.950. The van der Waals surface area contributed by atoms with E-state index in [2.05, 4.69) is 25.1 Å². The Balaban J connectivity index is 2.07. The van der Waals surface area contributed by atoms with E-state index >= 15 is 0 Å². The first-order chi connectivity index (χ1) is 8.29. The number of allylic oxidation sites excluding steroid dienone is 2. The van der Waals surface area contributed by atoms with Crippen LogP contribution in [-0.4, -0.2) is 12.0 Å². The number of rotatable bonds is 4. The summed E-state index contributed by atoms with van der Waals surface area (Å²) in [5.41, 5.74) is 2.65. The first-order valence-electron chi connectivity index (χ1n) is 6.37. The van der Waals surface area contributed by atoms with E-state index in [0.717, 1.165) is 31.6 Å². The van der Waals surface area contributed by atoms with Gasteiger partial charge in [0.2, 0.25) is 0 Å². The van der Waals surface area contributed by atoms with Gasteiger partial charge in [0.25, 0.3) is 0 Å². The molecule has 1 aliphatic carbocycles. The summed E-state index contributed by atoms with van der Waals surface area (Å²) in [7, 11) is 0. The molecule has 0 bridgehead atoms. The van der Waals surface area contributed by atoms with Crippen molar-refractivity contribution in [2.24, 2.45) is 0 Å².